The van der Waals surface area contributed by atoms with Gasteiger partial charge >= 0.3 is 5.97 Å². The summed E-state index contributed by atoms with van der Waals surface area (Å²) in [4.78, 5) is 15.0. The number of anilines is 1. The fraction of sp³-hybridized carbons (Fsp3) is 0.600. The average molecular weight is 278 g/mol. The smallest absolute Gasteiger partial charge is 0.354 e. The molecule has 0 saturated carbocycles. The van der Waals surface area contributed by atoms with Crippen molar-refractivity contribution in [1.82, 2.24) is 4.98 Å². The van der Waals surface area contributed by atoms with Crippen LogP contribution in [0.5, 0.6) is 0 Å². The first-order chi connectivity index (χ1) is 9.58. The quantitative estimate of drug-likeness (QED) is 0.866. The van der Waals surface area contributed by atoms with Crippen LogP contribution in [0.1, 0.15) is 50.0 Å². The summed E-state index contributed by atoms with van der Waals surface area (Å²) in [7, 11) is 0. The van der Waals surface area contributed by atoms with Gasteiger partial charge in [0.25, 0.3) is 0 Å². The molecule has 2 N–H and O–H groups in total. The minimum atomic E-state index is -1.00. The van der Waals surface area contributed by atoms with E-state index in [0.717, 1.165) is 32.3 Å². The molecule has 0 aromatic carbocycles. The lowest BCUT2D eigenvalue weighted by Crippen LogP contribution is -2.43. The van der Waals surface area contributed by atoms with E-state index in [1.807, 2.05) is 6.07 Å². The largest absolute Gasteiger partial charge is 0.477 e. The van der Waals surface area contributed by atoms with Gasteiger partial charge in [0, 0.05) is 12.6 Å². The SMILES string of the molecule is CCC1(CC)CC(Nc2cccc(C(=O)O)n2)CCO1. The molecule has 1 unspecified atom stereocenters. The van der Waals surface area contributed by atoms with E-state index in [9.17, 15) is 4.79 Å². The number of nitrogens with zero attached hydrogens (tertiary/aromatic N) is 1. The van der Waals surface area contributed by atoms with Crippen molar-refractivity contribution in [2.45, 2.75) is 51.2 Å². The normalized spacial score (nSPS) is 21.4. The van der Waals surface area contributed by atoms with Gasteiger partial charge in [0.15, 0.2) is 5.69 Å². The molecule has 5 heteroatoms. The van der Waals surface area contributed by atoms with Gasteiger partial charge in [-0.3, -0.25) is 0 Å². The number of ether oxygens (including phenoxy) is 1. The van der Waals surface area contributed by atoms with E-state index >= 15 is 0 Å². The lowest BCUT2D eigenvalue weighted by molar-refractivity contribution is -0.0864. The van der Waals surface area contributed by atoms with E-state index in [0.29, 0.717) is 5.82 Å². The Morgan fingerprint density at radius 2 is 2.25 bits per heavy atom. The van der Waals surface area contributed by atoms with Gasteiger partial charge < -0.3 is 15.2 Å². The fourth-order valence-corrected chi connectivity index (χ4v) is 2.74. The summed E-state index contributed by atoms with van der Waals surface area (Å²) in [6, 6.07) is 5.30. The third-order valence-electron chi connectivity index (χ3n) is 4.10. The third-order valence-corrected chi connectivity index (χ3v) is 4.10. The Labute approximate surface area is 119 Å². The van der Waals surface area contributed by atoms with Crippen LogP contribution in [0, 0.1) is 0 Å². The van der Waals surface area contributed by atoms with Crippen molar-refractivity contribution in [2.24, 2.45) is 0 Å². The molecule has 1 aromatic rings. The first-order valence-electron chi connectivity index (χ1n) is 7.19. The zero-order valence-corrected chi connectivity index (χ0v) is 12.1. The molecule has 0 aliphatic carbocycles. The first kappa shape index (κ1) is 14.8. The number of aromatic carboxylic acids is 1. The average Bonchev–Trinajstić information content (AvgIpc) is 2.47. The molecular formula is C15H22N2O3. The molecule has 0 amide bonds. The highest BCUT2D eigenvalue weighted by Gasteiger charge is 2.34. The van der Waals surface area contributed by atoms with E-state index in [4.69, 9.17) is 9.84 Å². The molecule has 1 aromatic heterocycles. The van der Waals surface area contributed by atoms with Gasteiger partial charge in [0.05, 0.1) is 5.60 Å². The second-order valence-corrected chi connectivity index (χ2v) is 5.29. The maximum absolute atomic E-state index is 10.9. The Bertz CT molecular complexity index is 472. The predicted molar refractivity (Wildman–Crippen MR) is 77.1 cm³/mol. The standard InChI is InChI=1S/C15H22N2O3/c1-3-15(4-2)10-11(8-9-20-15)16-13-7-5-6-12(17-13)14(18)19/h5-7,11H,3-4,8-10H2,1-2H3,(H,16,17)(H,18,19). The van der Waals surface area contributed by atoms with Gasteiger partial charge in [-0.2, -0.15) is 0 Å². The van der Waals surface area contributed by atoms with Crippen LogP contribution in [-0.4, -0.2) is 34.3 Å². The predicted octanol–water partition coefficient (Wildman–Crippen LogP) is 2.93. The highest BCUT2D eigenvalue weighted by molar-refractivity contribution is 5.85. The molecule has 5 nitrogen and oxygen atoms in total. The lowest BCUT2D eigenvalue weighted by atomic mass is 9.86. The number of carboxylic acids is 1. The first-order valence-corrected chi connectivity index (χ1v) is 7.19. The zero-order chi connectivity index (χ0) is 14.6. The van der Waals surface area contributed by atoms with E-state index < -0.39 is 5.97 Å². The van der Waals surface area contributed by atoms with Crippen molar-refractivity contribution in [1.29, 1.82) is 0 Å². The van der Waals surface area contributed by atoms with Crippen LogP contribution in [0.4, 0.5) is 5.82 Å². The second-order valence-electron chi connectivity index (χ2n) is 5.29. The van der Waals surface area contributed by atoms with Gasteiger partial charge in [-0.1, -0.05) is 19.9 Å². The van der Waals surface area contributed by atoms with E-state index in [1.165, 1.54) is 6.07 Å². The topological polar surface area (TPSA) is 71.5 Å². The monoisotopic (exact) mass is 278 g/mol. The summed E-state index contributed by atoms with van der Waals surface area (Å²) in [5.74, 6) is -0.380. The van der Waals surface area contributed by atoms with Crippen molar-refractivity contribution in [3.63, 3.8) is 0 Å². The molecule has 2 rings (SSSR count). The number of nitrogens with one attached hydrogen (secondary N) is 1. The van der Waals surface area contributed by atoms with Gasteiger partial charge in [-0.15, -0.1) is 0 Å². The van der Waals surface area contributed by atoms with Gasteiger partial charge in [-0.05, 0) is 37.8 Å². The fourth-order valence-electron chi connectivity index (χ4n) is 2.74. The minimum Gasteiger partial charge on any atom is -0.477 e. The van der Waals surface area contributed by atoms with Gasteiger partial charge in [0.2, 0.25) is 0 Å². The summed E-state index contributed by atoms with van der Waals surface area (Å²) in [5, 5.41) is 12.3. The highest BCUT2D eigenvalue weighted by atomic mass is 16.5. The number of carboxylic acid groups (broad SMARTS) is 1. The minimum absolute atomic E-state index is 0.0552. The van der Waals surface area contributed by atoms with Crippen LogP contribution in [0.2, 0.25) is 0 Å². The third kappa shape index (κ3) is 3.28. The number of rotatable bonds is 5. The molecule has 1 fully saturated rings. The van der Waals surface area contributed by atoms with Gasteiger partial charge in [0.1, 0.15) is 5.82 Å². The van der Waals surface area contributed by atoms with Crippen LogP contribution in [0.3, 0.4) is 0 Å². The van der Waals surface area contributed by atoms with E-state index in [-0.39, 0.29) is 17.3 Å². The van der Waals surface area contributed by atoms with E-state index in [2.05, 4.69) is 24.1 Å². The molecule has 2 heterocycles. The summed E-state index contributed by atoms with van der Waals surface area (Å²) in [5.41, 5.74) is 0.0136. The Kier molecular flexibility index (Phi) is 4.60. The molecule has 1 saturated heterocycles. The van der Waals surface area contributed by atoms with Crippen LogP contribution < -0.4 is 5.32 Å². The number of pyridine rings is 1. The summed E-state index contributed by atoms with van der Waals surface area (Å²) < 4.78 is 5.94. The number of hydrogen-bond acceptors (Lipinski definition) is 4. The maximum Gasteiger partial charge on any atom is 0.354 e. The highest BCUT2D eigenvalue weighted by Crippen LogP contribution is 2.32. The molecule has 0 spiro atoms. The maximum atomic E-state index is 10.9. The van der Waals surface area contributed by atoms with Crippen LogP contribution in [-0.2, 0) is 4.74 Å². The molecule has 0 bridgehead atoms. The van der Waals surface area contributed by atoms with Crippen molar-refractivity contribution >= 4 is 11.8 Å². The lowest BCUT2D eigenvalue weighted by Gasteiger charge is -2.40. The van der Waals surface area contributed by atoms with Crippen molar-refractivity contribution in [3.05, 3.63) is 23.9 Å². The number of carbonyl (C=O) groups is 1. The van der Waals surface area contributed by atoms with Gasteiger partial charge in [-0.25, -0.2) is 9.78 Å². The van der Waals surface area contributed by atoms with Crippen molar-refractivity contribution < 1.29 is 14.6 Å². The Balaban J connectivity index is 2.06. The van der Waals surface area contributed by atoms with Crippen molar-refractivity contribution in [2.75, 3.05) is 11.9 Å². The number of hydrogen-bond donors (Lipinski definition) is 2. The molecule has 0 radical (unpaired) electrons. The molecule has 110 valence electrons. The second kappa shape index (κ2) is 6.22. The molecular weight excluding hydrogens is 256 g/mol. The van der Waals surface area contributed by atoms with Crippen LogP contribution in [0.25, 0.3) is 0 Å². The Morgan fingerprint density at radius 1 is 1.50 bits per heavy atom. The van der Waals surface area contributed by atoms with Crippen LogP contribution >= 0.6 is 0 Å². The summed E-state index contributed by atoms with van der Waals surface area (Å²) in [6.45, 7) is 5.03. The van der Waals surface area contributed by atoms with Crippen LogP contribution in [0.15, 0.2) is 18.2 Å². The summed E-state index contributed by atoms with van der Waals surface area (Å²) in [6.07, 6.45) is 3.83. The Morgan fingerprint density at radius 3 is 2.90 bits per heavy atom. The molecule has 1 aliphatic heterocycles. The van der Waals surface area contributed by atoms with E-state index in [1.54, 1.807) is 6.07 Å². The molecule has 1 atom stereocenters. The Hall–Kier alpha value is -1.62. The zero-order valence-electron chi connectivity index (χ0n) is 12.1. The van der Waals surface area contributed by atoms with Crippen molar-refractivity contribution in [3.8, 4) is 0 Å². The molecule has 1 aliphatic rings. The summed E-state index contributed by atoms with van der Waals surface area (Å²) >= 11 is 0. The molecule has 20 heavy (non-hydrogen) atoms. The number of aromatic nitrogens is 1.